The monoisotopic (exact) mass is 400 g/mol. The molecular formula is C22H24O7. The van der Waals surface area contributed by atoms with Gasteiger partial charge in [-0.2, -0.15) is 0 Å². The van der Waals surface area contributed by atoms with E-state index in [0.29, 0.717) is 16.7 Å². The fourth-order valence-corrected chi connectivity index (χ4v) is 3.37. The van der Waals surface area contributed by atoms with Crippen molar-refractivity contribution in [2.75, 3.05) is 0 Å². The van der Waals surface area contributed by atoms with Crippen LogP contribution in [0.25, 0.3) is 11.0 Å². The van der Waals surface area contributed by atoms with Crippen LogP contribution in [0.3, 0.4) is 0 Å². The van der Waals surface area contributed by atoms with Crippen molar-refractivity contribution < 1.29 is 28.2 Å². The first kappa shape index (κ1) is 20.6. The van der Waals surface area contributed by atoms with E-state index in [4.69, 9.17) is 18.6 Å². The fraction of sp³-hybridized carbons (Fsp3) is 0.409. The van der Waals surface area contributed by atoms with Crippen LogP contribution in [0.4, 0.5) is 0 Å². The molecule has 3 rings (SSSR count). The Morgan fingerprint density at radius 3 is 2.48 bits per heavy atom. The van der Waals surface area contributed by atoms with E-state index >= 15 is 0 Å². The van der Waals surface area contributed by atoms with Crippen molar-refractivity contribution in [3.63, 3.8) is 0 Å². The molecule has 1 aromatic carbocycles. The van der Waals surface area contributed by atoms with Crippen LogP contribution >= 0.6 is 0 Å². The maximum atomic E-state index is 12.5. The molecule has 7 heteroatoms. The molecule has 1 aromatic heterocycles. The first-order valence-corrected chi connectivity index (χ1v) is 9.36. The Morgan fingerprint density at radius 2 is 1.83 bits per heavy atom. The van der Waals surface area contributed by atoms with Crippen LogP contribution in [0, 0.1) is 0 Å². The minimum absolute atomic E-state index is 0.105. The molecule has 154 valence electrons. The third kappa shape index (κ3) is 4.18. The van der Waals surface area contributed by atoms with Crippen LogP contribution in [0.5, 0.6) is 5.75 Å². The maximum Gasteiger partial charge on any atom is 0.336 e. The van der Waals surface area contributed by atoms with E-state index in [1.165, 1.54) is 13.0 Å². The minimum atomic E-state index is -0.991. The number of hydrogen-bond acceptors (Lipinski definition) is 7. The molecule has 2 atom stereocenters. The zero-order chi connectivity index (χ0) is 21.3. The van der Waals surface area contributed by atoms with Crippen LogP contribution in [0.15, 0.2) is 45.1 Å². The van der Waals surface area contributed by atoms with E-state index in [1.54, 1.807) is 32.0 Å². The number of rotatable bonds is 4. The number of esters is 2. The Kier molecular flexibility index (Phi) is 5.50. The predicted molar refractivity (Wildman–Crippen MR) is 106 cm³/mol. The highest BCUT2D eigenvalue weighted by Gasteiger charge is 2.49. The summed E-state index contributed by atoms with van der Waals surface area (Å²) in [6, 6.07) is 6.39. The SMILES string of the molecule is C/C=C(/C)CC(=O)O[C@H]1[C@@H](OC(C)=O)c2c(ccc3ccc(=O)oc23)OC1(C)C. The molecule has 0 aliphatic carbocycles. The lowest BCUT2D eigenvalue weighted by atomic mass is 9.87. The van der Waals surface area contributed by atoms with Crippen LogP contribution < -0.4 is 10.4 Å². The number of benzene rings is 1. The van der Waals surface area contributed by atoms with Crippen molar-refractivity contribution in [1.82, 2.24) is 0 Å². The molecule has 0 unspecified atom stereocenters. The van der Waals surface area contributed by atoms with Gasteiger partial charge in [-0.3, -0.25) is 9.59 Å². The van der Waals surface area contributed by atoms with Gasteiger partial charge in [0.05, 0.1) is 12.0 Å². The normalized spacial score (nSPS) is 20.5. The second-order valence-corrected chi connectivity index (χ2v) is 7.61. The maximum absolute atomic E-state index is 12.5. The smallest absolute Gasteiger partial charge is 0.336 e. The molecule has 0 fully saturated rings. The number of ether oxygens (including phenoxy) is 3. The second kappa shape index (κ2) is 7.73. The van der Waals surface area contributed by atoms with Crippen LogP contribution in [-0.2, 0) is 19.1 Å². The van der Waals surface area contributed by atoms with Gasteiger partial charge < -0.3 is 18.6 Å². The lowest BCUT2D eigenvalue weighted by Gasteiger charge is -2.43. The highest BCUT2D eigenvalue weighted by atomic mass is 16.6. The van der Waals surface area contributed by atoms with Crippen molar-refractivity contribution in [3.05, 3.63) is 51.9 Å². The van der Waals surface area contributed by atoms with Crippen molar-refractivity contribution in [2.45, 2.75) is 58.8 Å². The molecule has 0 saturated heterocycles. The van der Waals surface area contributed by atoms with E-state index in [9.17, 15) is 14.4 Å². The quantitative estimate of drug-likeness (QED) is 0.437. The average molecular weight is 400 g/mol. The van der Waals surface area contributed by atoms with E-state index in [-0.39, 0.29) is 12.0 Å². The topological polar surface area (TPSA) is 92.0 Å². The van der Waals surface area contributed by atoms with Crippen molar-refractivity contribution in [3.8, 4) is 5.75 Å². The number of carbonyl (C=O) groups is 2. The summed E-state index contributed by atoms with van der Waals surface area (Å²) < 4.78 is 22.8. The van der Waals surface area contributed by atoms with Crippen LogP contribution in [0.1, 0.15) is 52.7 Å². The third-order valence-electron chi connectivity index (χ3n) is 4.87. The van der Waals surface area contributed by atoms with Gasteiger partial charge in [0.2, 0.25) is 0 Å². The molecule has 1 aliphatic heterocycles. The summed E-state index contributed by atoms with van der Waals surface area (Å²) >= 11 is 0. The van der Waals surface area contributed by atoms with Gasteiger partial charge in [0, 0.05) is 18.4 Å². The molecular weight excluding hydrogens is 376 g/mol. The lowest BCUT2D eigenvalue weighted by Crippen LogP contribution is -2.52. The predicted octanol–water partition coefficient (Wildman–Crippen LogP) is 3.84. The second-order valence-electron chi connectivity index (χ2n) is 7.61. The largest absolute Gasteiger partial charge is 0.483 e. The number of carbonyl (C=O) groups excluding carboxylic acids is 2. The fourth-order valence-electron chi connectivity index (χ4n) is 3.37. The third-order valence-corrected chi connectivity index (χ3v) is 4.87. The summed E-state index contributed by atoms with van der Waals surface area (Å²) in [6.07, 6.45) is 0.000494. The zero-order valence-electron chi connectivity index (χ0n) is 17.1. The number of fused-ring (bicyclic) bond motifs is 3. The Morgan fingerprint density at radius 1 is 1.14 bits per heavy atom. The van der Waals surface area contributed by atoms with Crippen molar-refractivity contribution in [2.24, 2.45) is 0 Å². The number of allylic oxidation sites excluding steroid dienone is 1. The Labute approximate surface area is 168 Å². The van der Waals surface area contributed by atoms with E-state index in [2.05, 4.69) is 0 Å². The summed E-state index contributed by atoms with van der Waals surface area (Å²) in [5, 5.41) is 0.638. The van der Waals surface area contributed by atoms with Gasteiger partial charge in [-0.15, -0.1) is 0 Å². The van der Waals surface area contributed by atoms with Crippen molar-refractivity contribution >= 4 is 22.9 Å². The van der Waals surface area contributed by atoms with Gasteiger partial charge in [0.1, 0.15) is 16.9 Å². The highest BCUT2D eigenvalue weighted by molar-refractivity contribution is 5.83. The molecule has 0 N–H and O–H groups in total. The molecule has 0 radical (unpaired) electrons. The van der Waals surface area contributed by atoms with Gasteiger partial charge in [-0.25, -0.2) is 4.79 Å². The van der Waals surface area contributed by atoms with Gasteiger partial charge >= 0.3 is 17.6 Å². The zero-order valence-corrected chi connectivity index (χ0v) is 17.1. The molecule has 0 saturated carbocycles. The average Bonchev–Trinajstić information content (AvgIpc) is 2.63. The van der Waals surface area contributed by atoms with E-state index < -0.39 is 35.4 Å². The summed E-state index contributed by atoms with van der Waals surface area (Å²) in [5.41, 5.74) is -0.0762. The standard InChI is InChI=1S/C22H24O7/c1-6-12(2)11-17(25)28-21-20(26-13(3)23)18-15(29-22(21,4)5)9-7-14-8-10-16(24)27-19(14)18/h6-10,20-21H,11H2,1-5H3/b12-6-/t20-,21-/m0/s1. The summed E-state index contributed by atoms with van der Waals surface area (Å²) in [6.45, 7) is 8.43. The Balaban J connectivity index is 2.14. The summed E-state index contributed by atoms with van der Waals surface area (Å²) in [4.78, 5) is 36.2. The molecule has 2 aromatic rings. The minimum Gasteiger partial charge on any atom is -0.483 e. The molecule has 29 heavy (non-hydrogen) atoms. The first-order chi connectivity index (χ1) is 13.6. The van der Waals surface area contributed by atoms with Crippen LogP contribution in [0.2, 0.25) is 0 Å². The van der Waals surface area contributed by atoms with Gasteiger partial charge in [-0.1, -0.05) is 11.6 Å². The molecule has 2 heterocycles. The Bertz CT molecular complexity index is 1040. The molecule has 1 aliphatic rings. The van der Waals surface area contributed by atoms with Crippen LogP contribution in [-0.4, -0.2) is 23.6 Å². The summed E-state index contributed by atoms with van der Waals surface area (Å²) in [5.74, 6) is -0.621. The van der Waals surface area contributed by atoms with E-state index in [0.717, 1.165) is 5.57 Å². The van der Waals surface area contributed by atoms with E-state index in [1.807, 2.05) is 19.9 Å². The van der Waals surface area contributed by atoms with Crippen molar-refractivity contribution in [1.29, 1.82) is 0 Å². The van der Waals surface area contributed by atoms with Gasteiger partial charge in [0.15, 0.2) is 12.2 Å². The molecule has 0 spiro atoms. The lowest BCUT2D eigenvalue weighted by molar-refractivity contribution is -0.188. The molecule has 0 bridgehead atoms. The van der Waals surface area contributed by atoms with Gasteiger partial charge in [0.25, 0.3) is 0 Å². The van der Waals surface area contributed by atoms with Gasteiger partial charge in [-0.05, 0) is 45.9 Å². The molecule has 7 nitrogen and oxygen atoms in total. The number of hydrogen-bond donors (Lipinski definition) is 0. The highest BCUT2D eigenvalue weighted by Crippen LogP contribution is 2.46. The molecule has 0 amide bonds. The Hall–Kier alpha value is -3.09. The summed E-state index contributed by atoms with van der Waals surface area (Å²) in [7, 11) is 0. The first-order valence-electron chi connectivity index (χ1n) is 9.36.